The van der Waals surface area contributed by atoms with E-state index in [0.29, 0.717) is 30.1 Å². The van der Waals surface area contributed by atoms with Crippen LogP contribution in [0.4, 0.5) is 6.01 Å². The van der Waals surface area contributed by atoms with Crippen molar-refractivity contribution in [1.29, 1.82) is 0 Å². The van der Waals surface area contributed by atoms with E-state index in [-0.39, 0.29) is 6.04 Å². The molecule has 0 aromatic carbocycles. The molecule has 6 nitrogen and oxygen atoms in total. The Labute approximate surface area is 110 Å². The molecule has 7 heteroatoms. The first kappa shape index (κ1) is 15.1. The van der Waals surface area contributed by atoms with Crippen LogP contribution in [-0.4, -0.2) is 39.0 Å². The van der Waals surface area contributed by atoms with E-state index in [2.05, 4.69) is 34.7 Å². The van der Waals surface area contributed by atoms with Crippen molar-refractivity contribution in [3.8, 4) is 0 Å². The van der Waals surface area contributed by atoms with Crippen molar-refractivity contribution >= 4 is 16.8 Å². The minimum absolute atomic E-state index is 0.0488. The molecule has 0 amide bonds. The smallest absolute Gasteiger partial charge is 0.315 e. The molecule has 0 saturated heterocycles. The molecule has 0 saturated carbocycles. The third-order valence-corrected chi connectivity index (χ3v) is 3.12. The standard InChI is InChI=1S/C11H22N4O2S/c1-8(2)5-12-6-10-14-15-11(17-10)13-9(3)7-18(4)16/h8-9,12H,5-7H2,1-4H3,(H,13,15). The van der Waals surface area contributed by atoms with E-state index in [1.807, 2.05) is 6.92 Å². The van der Waals surface area contributed by atoms with Crippen LogP contribution in [0.2, 0.25) is 0 Å². The Bertz CT molecular complexity index is 381. The van der Waals surface area contributed by atoms with Gasteiger partial charge in [0.15, 0.2) is 0 Å². The summed E-state index contributed by atoms with van der Waals surface area (Å²) in [7, 11) is -0.837. The van der Waals surface area contributed by atoms with E-state index >= 15 is 0 Å². The van der Waals surface area contributed by atoms with Crippen LogP contribution in [0.15, 0.2) is 4.42 Å². The number of rotatable bonds is 8. The quantitative estimate of drug-likeness (QED) is 0.736. The summed E-state index contributed by atoms with van der Waals surface area (Å²) >= 11 is 0. The molecule has 0 radical (unpaired) electrons. The molecular formula is C11H22N4O2S. The molecule has 1 heterocycles. The second-order valence-corrected chi connectivity index (χ2v) is 6.29. The Hall–Kier alpha value is -0.950. The first-order valence-corrected chi connectivity index (χ1v) is 7.79. The molecule has 2 unspecified atom stereocenters. The fraction of sp³-hybridized carbons (Fsp3) is 0.818. The van der Waals surface area contributed by atoms with Crippen molar-refractivity contribution in [2.75, 3.05) is 23.9 Å². The molecule has 0 aliphatic carbocycles. The molecule has 1 aromatic rings. The summed E-state index contributed by atoms with van der Waals surface area (Å²) in [5, 5.41) is 14.1. The Morgan fingerprint density at radius 1 is 1.33 bits per heavy atom. The number of hydrogen-bond donors (Lipinski definition) is 2. The average Bonchev–Trinajstić information content (AvgIpc) is 2.63. The van der Waals surface area contributed by atoms with Gasteiger partial charge >= 0.3 is 6.01 Å². The second kappa shape index (κ2) is 7.48. The van der Waals surface area contributed by atoms with E-state index < -0.39 is 10.8 Å². The third kappa shape index (κ3) is 6.11. The largest absolute Gasteiger partial charge is 0.407 e. The van der Waals surface area contributed by atoms with Crippen LogP contribution in [0.3, 0.4) is 0 Å². The van der Waals surface area contributed by atoms with Crippen molar-refractivity contribution in [2.45, 2.75) is 33.4 Å². The van der Waals surface area contributed by atoms with Gasteiger partial charge in [0, 0.05) is 28.9 Å². The lowest BCUT2D eigenvalue weighted by Crippen LogP contribution is -2.22. The predicted molar refractivity (Wildman–Crippen MR) is 72.9 cm³/mol. The van der Waals surface area contributed by atoms with Gasteiger partial charge in [0.05, 0.1) is 6.54 Å². The van der Waals surface area contributed by atoms with Gasteiger partial charge in [-0.2, -0.15) is 0 Å². The minimum atomic E-state index is -0.837. The number of nitrogens with zero attached hydrogens (tertiary/aromatic N) is 2. The summed E-state index contributed by atoms with van der Waals surface area (Å²) in [6.45, 7) is 7.69. The lowest BCUT2D eigenvalue weighted by molar-refractivity contribution is 0.457. The van der Waals surface area contributed by atoms with Crippen LogP contribution in [-0.2, 0) is 17.3 Å². The highest BCUT2D eigenvalue weighted by atomic mass is 32.2. The van der Waals surface area contributed by atoms with Gasteiger partial charge in [0.1, 0.15) is 0 Å². The second-order valence-electron chi connectivity index (χ2n) is 4.81. The number of aromatic nitrogens is 2. The van der Waals surface area contributed by atoms with Crippen molar-refractivity contribution < 1.29 is 8.63 Å². The summed E-state index contributed by atoms with van der Waals surface area (Å²) in [5.41, 5.74) is 0. The maximum atomic E-state index is 11.0. The van der Waals surface area contributed by atoms with Crippen LogP contribution >= 0.6 is 0 Å². The Balaban J connectivity index is 2.36. The Morgan fingerprint density at radius 3 is 2.67 bits per heavy atom. The van der Waals surface area contributed by atoms with Crippen molar-refractivity contribution in [1.82, 2.24) is 15.5 Å². The van der Waals surface area contributed by atoms with E-state index in [4.69, 9.17) is 4.42 Å². The summed E-state index contributed by atoms with van der Waals surface area (Å²) in [5.74, 6) is 1.71. The lowest BCUT2D eigenvalue weighted by Gasteiger charge is -2.09. The van der Waals surface area contributed by atoms with Crippen LogP contribution in [0.25, 0.3) is 0 Å². The molecule has 0 aliphatic heterocycles. The highest BCUT2D eigenvalue weighted by Crippen LogP contribution is 2.07. The van der Waals surface area contributed by atoms with Crippen LogP contribution < -0.4 is 10.6 Å². The van der Waals surface area contributed by atoms with Crippen molar-refractivity contribution in [3.63, 3.8) is 0 Å². The van der Waals surface area contributed by atoms with Gasteiger partial charge in [-0.1, -0.05) is 18.9 Å². The Kier molecular flexibility index (Phi) is 6.28. The van der Waals surface area contributed by atoms with Gasteiger partial charge in [-0.05, 0) is 19.4 Å². The SMILES string of the molecule is CC(C)CNCc1nnc(NC(C)CS(C)=O)o1. The molecule has 104 valence electrons. The molecule has 2 N–H and O–H groups in total. The van der Waals surface area contributed by atoms with Crippen LogP contribution in [0, 0.1) is 5.92 Å². The number of nitrogens with one attached hydrogen (secondary N) is 2. The monoisotopic (exact) mass is 274 g/mol. The summed E-state index contributed by atoms with van der Waals surface area (Å²) < 4.78 is 16.5. The van der Waals surface area contributed by atoms with E-state index in [0.717, 1.165) is 6.54 Å². The fourth-order valence-corrected chi connectivity index (χ4v) is 2.24. The zero-order chi connectivity index (χ0) is 13.5. The fourth-order valence-electron chi connectivity index (χ4n) is 1.46. The van der Waals surface area contributed by atoms with E-state index in [1.54, 1.807) is 6.26 Å². The molecule has 0 bridgehead atoms. The molecule has 0 fully saturated rings. The maximum Gasteiger partial charge on any atom is 0.315 e. The van der Waals surface area contributed by atoms with Gasteiger partial charge in [-0.3, -0.25) is 4.21 Å². The number of anilines is 1. The van der Waals surface area contributed by atoms with Gasteiger partial charge < -0.3 is 15.1 Å². The zero-order valence-corrected chi connectivity index (χ0v) is 12.2. The topological polar surface area (TPSA) is 80.0 Å². The van der Waals surface area contributed by atoms with E-state index in [9.17, 15) is 4.21 Å². The maximum absolute atomic E-state index is 11.0. The first-order valence-electron chi connectivity index (χ1n) is 6.07. The minimum Gasteiger partial charge on any atom is -0.407 e. The Morgan fingerprint density at radius 2 is 2.06 bits per heavy atom. The molecule has 18 heavy (non-hydrogen) atoms. The van der Waals surface area contributed by atoms with Crippen LogP contribution in [0.5, 0.6) is 0 Å². The summed E-state index contributed by atoms with van der Waals surface area (Å²) in [6.07, 6.45) is 1.67. The van der Waals surface area contributed by atoms with Gasteiger partial charge in [-0.15, -0.1) is 5.10 Å². The van der Waals surface area contributed by atoms with Crippen molar-refractivity contribution in [3.05, 3.63) is 5.89 Å². The van der Waals surface area contributed by atoms with Gasteiger partial charge in [0.25, 0.3) is 0 Å². The first-order chi connectivity index (χ1) is 8.47. The summed E-state index contributed by atoms with van der Waals surface area (Å²) in [6, 6.07) is 0.432. The van der Waals surface area contributed by atoms with Crippen LogP contribution in [0.1, 0.15) is 26.7 Å². The molecule has 0 spiro atoms. The predicted octanol–water partition coefficient (Wildman–Crippen LogP) is 0.994. The third-order valence-electron chi connectivity index (χ3n) is 2.15. The molecule has 1 rings (SSSR count). The van der Waals surface area contributed by atoms with E-state index in [1.165, 1.54) is 0 Å². The van der Waals surface area contributed by atoms with Crippen molar-refractivity contribution in [2.24, 2.45) is 5.92 Å². The summed E-state index contributed by atoms with van der Waals surface area (Å²) in [4.78, 5) is 0. The molecule has 0 aliphatic rings. The highest BCUT2D eigenvalue weighted by Gasteiger charge is 2.10. The lowest BCUT2D eigenvalue weighted by atomic mass is 10.2. The normalized spacial score (nSPS) is 14.7. The highest BCUT2D eigenvalue weighted by molar-refractivity contribution is 7.84. The zero-order valence-electron chi connectivity index (χ0n) is 11.4. The average molecular weight is 274 g/mol. The molecular weight excluding hydrogens is 252 g/mol. The molecule has 1 aromatic heterocycles. The van der Waals surface area contributed by atoms with Gasteiger partial charge in [0.2, 0.25) is 5.89 Å². The number of hydrogen-bond acceptors (Lipinski definition) is 6. The van der Waals surface area contributed by atoms with Gasteiger partial charge in [-0.25, -0.2) is 0 Å². The molecule has 2 atom stereocenters.